The van der Waals surface area contributed by atoms with Gasteiger partial charge in [0, 0.05) is 11.1 Å². The zero-order valence-corrected chi connectivity index (χ0v) is 15.6. The van der Waals surface area contributed by atoms with E-state index in [-0.39, 0.29) is 36.0 Å². The van der Waals surface area contributed by atoms with Crippen molar-refractivity contribution >= 4 is 11.9 Å². The number of halogens is 2. The number of hydrogen-bond donors (Lipinski definition) is 0. The standard InChI is InChI=1S/C20H16F2N4O4/c21-7-9-29-19(27)15-5-1-3-13(11-15)17-23-25-18(26-24-17)14-4-2-6-16(12-14)20(28)30-10-8-22/h1-6,11-12H,7-10H2. The summed E-state index contributed by atoms with van der Waals surface area (Å²) in [7, 11) is 0. The number of benzene rings is 2. The summed E-state index contributed by atoms with van der Waals surface area (Å²) in [5.41, 5.74) is 1.38. The lowest BCUT2D eigenvalue weighted by atomic mass is 10.1. The van der Waals surface area contributed by atoms with E-state index in [9.17, 15) is 18.4 Å². The Morgan fingerprint density at radius 2 is 1.10 bits per heavy atom. The van der Waals surface area contributed by atoms with Crippen LogP contribution < -0.4 is 0 Å². The van der Waals surface area contributed by atoms with Crippen molar-refractivity contribution in [1.29, 1.82) is 0 Å². The number of rotatable bonds is 8. The maximum atomic E-state index is 12.2. The number of alkyl halides is 2. The van der Waals surface area contributed by atoms with E-state index in [2.05, 4.69) is 20.4 Å². The zero-order valence-electron chi connectivity index (χ0n) is 15.6. The van der Waals surface area contributed by atoms with Crippen molar-refractivity contribution in [3.63, 3.8) is 0 Å². The molecule has 0 N–H and O–H groups in total. The van der Waals surface area contributed by atoms with Gasteiger partial charge in [-0.2, -0.15) is 0 Å². The Hall–Kier alpha value is -3.82. The second-order valence-corrected chi connectivity index (χ2v) is 5.86. The van der Waals surface area contributed by atoms with Gasteiger partial charge in [0.15, 0.2) is 0 Å². The topological polar surface area (TPSA) is 104 Å². The van der Waals surface area contributed by atoms with Crippen molar-refractivity contribution in [3.05, 3.63) is 59.7 Å². The lowest BCUT2D eigenvalue weighted by Gasteiger charge is -2.05. The number of nitrogens with zero attached hydrogens (tertiary/aromatic N) is 4. The molecule has 0 unspecified atom stereocenters. The maximum absolute atomic E-state index is 12.2. The number of ether oxygens (including phenoxy) is 2. The molecule has 30 heavy (non-hydrogen) atoms. The molecule has 0 spiro atoms. The molecule has 0 radical (unpaired) electrons. The average molecular weight is 414 g/mol. The van der Waals surface area contributed by atoms with E-state index < -0.39 is 25.3 Å². The summed E-state index contributed by atoms with van der Waals surface area (Å²) in [6.07, 6.45) is 0. The molecule has 8 nitrogen and oxygen atoms in total. The van der Waals surface area contributed by atoms with Crippen LogP contribution in [0.1, 0.15) is 20.7 Å². The molecule has 0 amide bonds. The van der Waals surface area contributed by atoms with Crippen LogP contribution >= 0.6 is 0 Å². The van der Waals surface area contributed by atoms with Crippen LogP contribution in [0.3, 0.4) is 0 Å². The summed E-state index contributed by atoms with van der Waals surface area (Å²) in [5, 5.41) is 16.0. The minimum atomic E-state index is -0.765. The molecule has 0 bridgehead atoms. The van der Waals surface area contributed by atoms with Crippen LogP contribution in [0.4, 0.5) is 8.78 Å². The molecule has 0 fully saturated rings. The summed E-state index contributed by atoms with van der Waals surface area (Å²) in [6.45, 7) is -2.17. The van der Waals surface area contributed by atoms with Gasteiger partial charge in [-0.3, -0.25) is 0 Å². The molecular weight excluding hydrogens is 398 g/mol. The van der Waals surface area contributed by atoms with Crippen LogP contribution in [0.5, 0.6) is 0 Å². The molecule has 3 aromatic rings. The van der Waals surface area contributed by atoms with Gasteiger partial charge in [0.05, 0.1) is 11.1 Å². The SMILES string of the molecule is O=C(OCCF)c1cccc(-c2nnc(-c3cccc(C(=O)OCCF)c3)nn2)c1. The monoisotopic (exact) mass is 414 g/mol. The van der Waals surface area contributed by atoms with Crippen LogP contribution in [0.25, 0.3) is 22.8 Å². The van der Waals surface area contributed by atoms with Crippen molar-refractivity contribution in [2.75, 3.05) is 26.6 Å². The largest absolute Gasteiger partial charge is 0.459 e. The van der Waals surface area contributed by atoms with Gasteiger partial charge in [0.1, 0.15) is 26.6 Å². The van der Waals surface area contributed by atoms with Gasteiger partial charge in [-0.25, -0.2) is 18.4 Å². The van der Waals surface area contributed by atoms with Gasteiger partial charge >= 0.3 is 11.9 Å². The van der Waals surface area contributed by atoms with Crippen LogP contribution in [0.2, 0.25) is 0 Å². The highest BCUT2D eigenvalue weighted by Crippen LogP contribution is 2.19. The maximum Gasteiger partial charge on any atom is 0.338 e. The van der Waals surface area contributed by atoms with Crippen molar-refractivity contribution in [1.82, 2.24) is 20.4 Å². The second kappa shape index (κ2) is 10.1. The summed E-state index contributed by atoms with van der Waals surface area (Å²) >= 11 is 0. The van der Waals surface area contributed by atoms with E-state index in [0.717, 1.165) is 0 Å². The fourth-order valence-corrected chi connectivity index (χ4v) is 2.46. The third-order valence-electron chi connectivity index (χ3n) is 3.81. The Bertz CT molecular complexity index is 949. The smallest absolute Gasteiger partial charge is 0.338 e. The summed E-state index contributed by atoms with van der Waals surface area (Å²) in [4.78, 5) is 23.7. The van der Waals surface area contributed by atoms with Gasteiger partial charge in [-0.05, 0) is 24.3 Å². The minimum Gasteiger partial charge on any atom is -0.459 e. The summed E-state index contributed by atoms with van der Waals surface area (Å²) in [6, 6.07) is 12.5. The highest BCUT2D eigenvalue weighted by Gasteiger charge is 2.13. The Morgan fingerprint density at radius 3 is 1.47 bits per heavy atom. The quantitative estimate of drug-likeness (QED) is 0.518. The Labute approximate surface area is 169 Å². The number of aromatic nitrogens is 4. The first-order valence-corrected chi connectivity index (χ1v) is 8.87. The molecule has 154 valence electrons. The highest BCUT2D eigenvalue weighted by atomic mass is 19.1. The van der Waals surface area contributed by atoms with Crippen LogP contribution in [0, 0.1) is 0 Å². The highest BCUT2D eigenvalue weighted by molar-refractivity contribution is 5.91. The van der Waals surface area contributed by atoms with Crippen molar-refractivity contribution in [2.24, 2.45) is 0 Å². The molecule has 0 aliphatic heterocycles. The molecule has 0 aliphatic rings. The first kappa shape index (κ1) is 20.9. The minimum absolute atomic E-state index is 0.164. The Morgan fingerprint density at radius 1 is 0.700 bits per heavy atom. The lowest BCUT2D eigenvalue weighted by Crippen LogP contribution is -2.08. The molecule has 3 rings (SSSR count). The van der Waals surface area contributed by atoms with Gasteiger partial charge in [-0.15, -0.1) is 20.4 Å². The fourth-order valence-electron chi connectivity index (χ4n) is 2.46. The molecule has 10 heteroatoms. The molecular formula is C20H16F2N4O4. The van der Waals surface area contributed by atoms with E-state index in [1.165, 1.54) is 24.3 Å². The second-order valence-electron chi connectivity index (χ2n) is 5.86. The van der Waals surface area contributed by atoms with Gasteiger partial charge in [0.25, 0.3) is 0 Å². The number of carbonyl (C=O) groups is 2. The van der Waals surface area contributed by atoms with Crippen LogP contribution in [-0.2, 0) is 9.47 Å². The summed E-state index contributed by atoms with van der Waals surface area (Å²) in [5.74, 6) is -0.998. The average Bonchev–Trinajstić information content (AvgIpc) is 2.81. The van der Waals surface area contributed by atoms with E-state index in [1.807, 2.05) is 0 Å². The fraction of sp³-hybridized carbons (Fsp3) is 0.200. The van der Waals surface area contributed by atoms with E-state index in [0.29, 0.717) is 11.1 Å². The van der Waals surface area contributed by atoms with E-state index >= 15 is 0 Å². The Kier molecular flexibility index (Phi) is 7.04. The molecule has 0 aliphatic carbocycles. The summed E-state index contributed by atoms with van der Waals surface area (Å²) < 4.78 is 33.8. The van der Waals surface area contributed by atoms with Crippen LogP contribution in [-0.4, -0.2) is 58.9 Å². The van der Waals surface area contributed by atoms with Gasteiger partial charge in [0.2, 0.25) is 11.6 Å². The predicted molar refractivity (Wildman–Crippen MR) is 101 cm³/mol. The molecule has 1 heterocycles. The zero-order chi connectivity index (χ0) is 21.3. The normalized spacial score (nSPS) is 10.5. The molecule has 1 aromatic heterocycles. The third-order valence-corrected chi connectivity index (χ3v) is 3.81. The predicted octanol–water partition coefficient (Wildman–Crippen LogP) is 2.85. The van der Waals surface area contributed by atoms with Gasteiger partial charge in [-0.1, -0.05) is 24.3 Å². The number of hydrogen-bond acceptors (Lipinski definition) is 8. The van der Waals surface area contributed by atoms with E-state index in [4.69, 9.17) is 9.47 Å². The van der Waals surface area contributed by atoms with Crippen molar-refractivity contribution in [3.8, 4) is 22.8 Å². The van der Waals surface area contributed by atoms with Crippen molar-refractivity contribution in [2.45, 2.75) is 0 Å². The Balaban J connectivity index is 1.79. The number of carbonyl (C=O) groups excluding carboxylic acids is 2. The molecule has 0 saturated carbocycles. The van der Waals surface area contributed by atoms with Crippen LogP contribution in [0.15, 0.2) is 48.5 Å². The first-order valence-electron chi connectivity index (χ1n) is 8.87. The molecule has 2 aromatic carbocycles. The molecule has 0 atom stereocenters. The van der Waals surface area contributed by atoms with Gasteiger partial charge < -0.3 is 9.47 Å². The first-order chi connectivity index (χ1) is 14.6. The lowest BCUT2D eigenvalue weighted by molar-refractivity contribution is 0.0473. The number of esters is 2. The third kappa shape index (κ3) is 5.16. The van der Waals surface area contributed by atoms with Crippen molar-refractivity contribution < 1.29 is 27.8 Å². The molecule has 0 saturated heterocycles. The van der Waals surface area contributed by atoms with E-state index in [1.54, 1.807) is 24.3 Å².